The summed E-state index contributed by atoms with van der Waals surface area (Å²) >= 11 is 4.05. The number of amides is 1. The molecule has 0 saturated heterocycles. The highest BCUT2D eigenvalue weighted by Crippen LogP contribution is 2.15. The number of nitrogens with two attached hydrogens (primary N) is 2. The van der Waals surface area contributed by atoms with Crippen molar-refractivity contribution in [3.8, 4) is 11.8 Å². The number of ether oxygens (including phenoxy) is 2. The number of thiol groups is 1. The van der Waals surface area contributed by atoms with Crippen LogP contribution in [-0.4, -0.2) is 64.7 Å². The van der Waals surface area contributed by atoms with Crippen LogP contribution in [0.5, 0.6) is 0 Å². The second kappa shape index (κ2) is 15.4. The molecular weight excluding hydrogens is 468 g/mol. The van der Waals surface area contributed by atoms with Crippen molar-refractivity contribution in [2.24, 2.45) is 11.6 Å². The summed E-state index contributed by atoms with van der Waals surface area (Å²) in [4.78, 5) is 30.1. The van der Waals surface area contributed by atoms with E-state index in [1.807, 2.05) is 27.7 Å². The molecule has 194 valence electrons. The first-order valence-electron chi connectivity index (χ1n) is 11.4. The first-order valence-corrected chi connectivity index (χ1v) is 11.8. The van der Waals surface area contributed by atoms with Gasteiger partial charge in [0.2, 0.25) is 5.91 Å². The largest absolute Gasteiger partial charge is 0.401 e. The van der Waals surface area contributed by atoms with Gasteiger partial charge in [0, 0.05) is 30.7 Å². The van der Waals surface area contributed by atoms with E-state index in [0.29, 0.717) is 30.1 Å². The average Bonchev–Trinajstić information content (AvgIpc) is 2.75. The van der Waals surface area contributed by atoms with Crippen LogP contribution in [0.2, 0.25) is 0 Å². The topological polar surface area (TPSA) is 146 Å². The number of unbranched alkanes of at least 4 members (excludes halogenated alkanes) is 2. The monoisotopic (exact) mass is 506 g/mol. The van der Waals surface area contributed by atoms with Crippen molar-refractivity contribution in [3.05, 3.63) is 29.9 Å². The van der Waals surface area contributed by atoms with E-state index in [4.69, 9.17) is 21.1 Å². The molecule has 0 aliphatic rings. The maximum atomic E-state index is 11.9. The minimum atomic E-state index is -0.626. The molecule has 1 heterocycles. The molecule has 0 spiro atoms. The van der Waals surface area contributed by atoms with E-state index in [1.165, 1.54) is 5.01 Å². The Morgan fingerprint density at radius 2 is 1.94 bits per heavy atom. The van der Waals surface area contributed by atoms with Gasteiger partial charge in [0.25, 0.3) is 0 Å². The zero-order valence-corrected chi connectivity index (χ0v) is 21.9. The summed E-state index contributed by atoms with van der Waals surface area (Å²) < 4.78 is 10.9. The van der Waals surface area contributed by atoms with E-state index in [2.05, 4.69) is 39.8 Å². The van der Waals surface area contributed by atoms with Crippen molar-refractivity contribution < 1.29 is 19.1 Å². The first-order chi connectivity index (χ1) is 16.4. The van der Waals surface area contributed by atoms with Gasteiger partial charge in [0.15, 0.2) is 5.16 Å². The van der Waals surface area contributed by atoms with Gasteiger partial charge in [-0.1, -0.05) is 11.8 Å². The molecule has 0 aliphatic carbocycles. The van der Waals surface area contributed by atoms with Crippen LogP contribution in [0.1, 0.15) is 58.9 Å². The molecular formula is C24H38N6O4S. The predicted molar refractivity (Wildman–Crippen MR) is 137 cm³/mol. The second-order valence-corrected chi connectivity index (χ2v) is 9.72. The Bertz CT molecular complexity index is 894. The fraction of sp³-hybridized carbons (Fsp3) is 0.583. The zero-order chi connectivity index (χ0) is 26.3. The second-order valence-electron chi connectivity index (χ2n) is 9.32. The van der Waals surface area contributed by atoms with Gasteiger partial charge in [0.1, 0.15) is 19.5 Å². The Morgan fingerprint density at radius 3 is 2.60 bits per heavy atom. The molecule has 0 atom stereocenters. The highest BCUT2D eigenvalue weighted by atomic mass is 32.1. The summed E-state index contributed by atoms with van der Waals surface area (Å²) in [7, 11) is 0. The molecule has 10 nitrogen and oxygen atoms in total. The summed E-state index contributed by atoms with van der Waals surface area (Å²) in [5, 5.41) is 4.76. The lowest BCUT2D eigenvalue weighted by molar-refractivity contribution is -0.130. The van der Waals surface area contributed by atoms with Crippen LogP contribution in [0.4, 0.5) is 0 Å². The van der Waals surface area contributed by atoms with E-state index >= 15 is 0 Å². The first kappa shape index (κ1) is 30.4. The number of allylic oxidation sites excluding steroid dienone is 1. The number of hydrogen-bond donors (Lipinski definition) is 4. The van der Waals surface area contributed by atoms with Crippen molar-refractivity contribution in [3.63, 3.8) is 0 Å². The third-order valence-corrected chi connectivity index (χ3v) is 4.73. The Morgan fingerprint density at radius 1 is 1.26 bits per heavy atom. The van der Waals surface area contributed by atoms with Gasteiger partial charge in [-0.05, 0) is 47.0 Å². The number of carbonyl (C=O) groups is 2. The van der Waals surface area contributed by atoms with Crippen molar-refractivity contribution in [2.75, 3.05) is 26.4 Å². The summed E-state index contributed by atoms with van der Waals surface area (Å²) in [5.74, 6) is 11.9. The molecule has 0 fully saturated rings. The van der Waals surface area contributed by atoms with Gasteiger partial charge in [-0.2, -0.15) is 0 Å². The van der Waals surface area contributed by atoms with Gasteiger partial charge in [-0.25, -0.2) is 15.8 Å². The van der Waals surface area contributed by atoms with Crippen LogP contribution in [0.25, 0.3) is 0 Å². The number of aromatic nitrogens is 2. The van der Waals surface area contributed by atoms with Crippen LogP contribution in [-0.2, 0) is 19.1 Å². The maximum Gasteiger partial charge on any atom is 0.246 e. The highest BCUT2D eigenvalue weighted by Gasteiger charge is 2.27. The van der Waals surface area contributed by atoms with Gasteiger partial charge in [-0.3, -0.25) is 4.79 Å². The minimum Gasteiger partial charge on any atom is -0.401 e. The average molecular weight is 507 g/mol. The number of carbonyl (C=O) groups excluding carboxylic acids is 2. The lowest BCUT2D eigenvalue weighted by Gasteiger charge is -2.34. The normalized spacial score (nSPS) is 12.0. The number of aldehydes is 1. The molecule has 1 amide bonds. The minimum absolute atomic E-state index is 0.115. The van der Waals surface area contributed by atoms with Crippen LogP contribution in [0, 0.1) is 11.8 Å². The molecule has 1 aromatic heterocycles. The van der Waals surface area contributed by atoms with Crippen LogP contribution in [0.15, 0.2) is 29.4 Å². The van der Waals surface area contributed by atoms with E-state index in [-0.39, 0.29) is 25.7 Å². The Balaban J connectivity index is 2.35. The Hall–Kier alpha value is -2.65. The third-order valence-electron chi connectivity index (χ3n) is 4.50. The van der Waals surface area contributed by atoms with Gasteiger partial charge in [-0.15, -0.1) is 12.6 Å². The molecule has 0 unspecified atom stereocenters. The fourth-order valence-electron chi connectivity index (χ4n) is 2.93. The fourth-order valence-corrected chi connectivity index (χ4v) is 3.04. The maximum absolute atomic E-state index is 11.9. The van der Waals surface area contributed by atoms with E-state index in [9.17, 15) is 9.59 Å². The van der Waals surface area contributed by atoms with Crippen molar-refractivity contribution in [2.45, 2.75) is 69.7 Å². The van der Waals surface area contributed by atoms with Crippen molar-refractivity contribution in [1.29, 1.82) is 0 Å². The summed E-state index contributed by atoms with van der Waals surface area (Å²) in [6, 6.07) is 0. The number of nitrogens with zero attached hydrogens (tertiary/aromatic N) is 3. The third kappa shape index (κ3) is 15.1. The molecule has 11 heteroatoms. The Labute approximate surface area is 213 Å². The molecule has 35 heavy (non-hydrogen) atoms. The van der Waals surface area contributed by atoms with E-state index < -0.39 is 11.1 Å². The lowest BCUT2D eigenvalue weighted by atomic mass is 10.1. The van der Waals surface area contributed by atoms with Gasteiger partial charge < -0.3 is 30.3 Å². The summed E-state index contributed by atoms with van der Waals surface area (Å²) in [6.45, 7) is 7.87. The SMILES string of the molecule is CC(C)(COC(C)(C)CN(N)/C=C(\N)CCCCC#Cc1cnc(S)nc1)NC(=O)COCC=O. The smallest absolute Gasteiger partial charge is 0.246 e. The molecule has 0 bridgehead atoms. The molecule has 0 radical (unpaired) electrons. The van der Waals surface area contributed by atoms with Crippen LogP contribution < -0.4 is 16.9 Å². The van der Waals surface area contributed by atoms with E-state index in [0.717, 1.165) is 24.8 Å². The van der Waals surface area contributed by atoms with Crippen molar-refractivity contribution >= 4 is 24.8 Å². The van der Waals surface area contributed by atoms with E-state index in [1.54, 1.807) is 18.6 Å². The van der Waals surface area contributed by atoms with Crippen LogP contribution >= 0.6 is 12.6 Å². The zero-order valence-electron chi connectivity index (χ0n) is 21.0. The quantitative estimate of drug-likeness (QED) is 0.0529. The summed E-state index contributed by atoms with van der Waals surface area (Å²) in [6.07, 6.45) is 8.86. The summed E-state index contributed by atoms with van der Waals surface area (Å²) in [5.41, 5.74) is 6.34. The Kier molecular flexibility index (Phi) is 13.3. The highest BCUT2D eigenvalue weighted by molar-refractivity contribution is 7.80. The molecule has 1 rings (SSSR count). The molecule has 0 aliphatic heterocycles. The van der Waals surface area contributed by atoms with Crippen molar-refractivity contribution in [1.82, 2.24) is 20.3 Å². The van der Waals surface area contributed by atoms with Gasteiger partial charge in [0.05, 0.1) is 29.9 Å². The van der Waals surface area contributed by atoms with Crippen LogP contribution in [0.3, 0.4) is 0 Å². The molecule has 5 N–H and O–H groups in total. The molecule has 0 aromatic carbocycles. The number of hydrogen-bond acceptors (Lipinski definition) is 10. The molecule has 0 saturated carbocycles. The standard InChI is InChI=1S/C24H38N6O4S/c1-23(2,29-21(32)16-33-12-11-31)18-34-24(3,4)17-30(26)15-20(25)10-8-6-5-7-9-19-13-27-22(35)28-14-19/h11,13-15H,5-6,8,10,12,16-18,25-26H2,1-4H3,(H,29,32)(H,27,28,35)/b20-15-. The lowest BCUT2D eigenvalue weighted by Crippen LogP contribution is -2.51. The number of nitrogens with one attached hydrogen (secondary N) is 1. The predicted octanol–water partition coefficient (Wildman–Crippen LogP) is 1.56. The van der Waals surface area contributed by atoms with Gasteiger partial charge >= 0.3 is 0 Å². The number of rotatable bonds is 15. The molecule has 1 aromatic rings. The number of hydrazine groups is 1.